The molecule has 0 bridgehead atoms. The van der Waals surface area contributed by atoms with Crippen molar-refractivity contribution >= 4 is 23.3 Å². The van der Waals surface area contributed by atoms with Crippen molar-refractivity contribution in [2.75, 3.05) is 25.1 Å². The molecule has 2 aliphatic heterocycles. The largest absolute Gasteiger partial charge is 0.332 e. The number of benzene rings is 1. The van der Waals surface area contributed by atoms with E-state index in [9.17, 15) is 9.18 Å². The quantitative estimate of drug-likeness (QED) is 0.877. The number of carbonyl (C=O) groups excluding carboxylic acids is 1. The van der Waals surface area contributed by atoms with Crippen molar-refractivity contribution in [3.8, 4) is 0 Å². The Morgan fingerprint density at radius 2 is 2.15 bits per heavy atom. The Balaban J connectivity index is 1.57. The monoisotopic (exact) mass is 373 g/mol. The first-order valence-corrected chi connectivity index (χ1v) is 8.60. The standard InChI is InChI=1S/C18H17ClFN5O/c1-23-22-15-11-24(18(26)13-6-5-12(20)10-14(13)19)9-7-16(15)25(23)17-4-2-3-8-21-17/h2-6,8,10,22H,7,9,11H2,1H3. The van der Waals surface area contributed by atoms with Crippen LogP contribution in [0, 0.1) is 5.82 Å². The molecule has 8 heteroatoms. The van der Waals surface area contributed by atoms with E-state index in [2.05, 4.69) is 10.4 Å². The number of amides is 1. The summed E-state index contributed by atoms with van der Waals surface area (Å²) >= 11 is 6.04. The zero-order chi connectivity index (χ0) is 18.3. The number of anilines is 1. The number of aromatic nitrogens is 1. The minimum absolute atomic E-state index is 0.126. The van der Waals surface area contributed by atoms with E-state index in [-0.39, 0.29) is 10.9 Å². The zero-order valence-corrected chi connectivity index (χ0v) is 14.9. The van der Waals surface area contributed by atoms with Crippen LogP contribution >= 0.6 is 11.6 Å². The number of nitrogens with zero attached hydrogens (tertiary/aromatic N) is 4. The summed E-state index contributed by atoms with van der Waals surface area (Å²) in [5, 5.41) is 3.98. The Kier molecular flexibility index (Phi) is 4.26. The van der Waals surface area contributed by atoms with Gasteiger partial charge in [-0.3, -0.25) is 4.79 Å². The number of hydrogen-bond acceptors (Lipinski definition) is 5. The van der Waals surface area contributed by atoms with Crippen molar-refractivity contribution in [1.29, 1.82) is 0 Å². The molecule has 0 atom stereocenters. The molecule has 2 aliphatic rings. The van der Waals surface area contributed by atoms with Gasteiger partial charge >= 0.3 is 0 Å². The van der Waals surface area contributed by atoms with Crippen LogP contribution in [0.1, 0.15) is 16.8 Å². The average molecular weight is 374 g/mol. The SMILES string of the molecule is CN1NC2=C(CCN(C(=O)c3ccc(F)cc3Cl)C2)N1c1ccccn1. The van der Waals surface area contributed by atoms with Crippen LogP contribution in [0.3, 0.4) is 0 Å². The Hall–Kier alpha value is -2.64. The highest BCUT2D eigenvalue weighted by Crippen LogP contribution is 2.31. The number of hydrogen-bond donors (Lipinski definition) is 1. The van der Waals surface area contributed by atoms with Gasteiger partial charge in [-0.1, -0.05) is 17.7 Å². The second-order valence-corrected chi connectivity index (χ2v) is 6.57. The molecule has 0 unspecified atom stereocenters. The summed E-state index contributed by atoms with van der Waals surface area (Å²) < 4.78 is 13.2. The Labute approximate surface area is 155 Å². The smallest absolute Gasteiger partial charge is 0.255 e. The topological polar surface area (TPSA) is 51.7 Å². The Bertz CT molecular complexity index is 888. The summed E-state index contributed by atoms with van der Waals surface area (Å²) in [5.74, 6) is 0.149. The van der Waals surface area contributed by atoms with E-state index in [0.717, 1.165) is 23.3 Å². The molecule has 1 aromatic carbocycles. The lowest BCUT2D eigenvalue weighted by molar-refractivity contribution is 0.0761. The minimum Gasteiger partial charge on any atom is -0.332 e. The average Bonchev–Trinajstić information content (AvgIpc) is 2.96. The maximum Gasteiger partial charge on any atom is 0.255 e. The van der Waals surface area contributed by atoms with Crippen molar-refractivity contribution < 1.29 is 9.18 Å². The number of hydrazine groups is 2. The second-order valence-electron chi connectivity index (χ2n) is 6.16. The van der Waals surface area contributed by atoms with Crippen LogP contribution in [0.4, 0.5) is 10.2 Å². The molecule has 6 nitrogen and oxygen atoms in total. The lowest BCUT2D eigenvalue weighted by atomic mass is 10.1. The molecule has 134 valence electrons. The van der Waals surface area contributed by atoms with Gasteiger partial charge in [-0.05, 0) is 30.3 Å². The molecule has 1 aromatic heterocycles. The number of rotatable bonds is 2. The Morgan fingerprint density at radius 3 is 2.88 bits per heavy atom. The first-order chi connectivity index (χ1) is 12.5. The highest BCUT2D eigenvalue weighted by atomic mass is 35.5. The Morgan fingerprint density at radius 1 is 1.31 bits per heavy atom. The summed E-state index contributed by atoms with van der Waals surface area (Å²) in [5.41, 5.74) is 5.61. The molecule has 0 saturated heterocycles. The maximum absolute atomic E-state index is 13.2. The summed E-state index contributed by atoms with van der Waals surface area (Å²) in [7, 11) is 1.90. The maximum atomic E-state index is 13.2. The van der Waals surface area contributed by atoms with Crippen molar-refractivity contribution in [2.45, 2.75) is 6.42 Å². The van der Waals surface area contributed by atoms with Gasteiger partial charge in [0.2, 0.25) is 0 Å². The fourth-order valence-corrected chi connectivity index (χ4v) is 3.54. The van der Waals surface area contributed by atoms with Gasteiger partial charge in [-0.15, -0.1) is 5.12 Å². The van der Waals surface area contributed by atoms with Crippen LogP contribution in [0.2, 0.25) is 5.02 Å². The third kappa shape index (κ3) is 2.89. The molecule has 0 aliphatic carbocycles. The lowest BCUT2D eigenvalue weighted by Gasteiger charge is -2.30. The van der Waals surface area contributed by atoms with E-state index in [0.29, 0.717) is 25.1 Å². The number of halogens is 2. The van der Waals surface area contributed by atoms with E-state index in [1.54, 1.807) is 11.1 Å². The predicted molar refractivity (Wildman–Crippen MR) is 96.6 cm³/mol. The molecule has 1 amide bonds. The third-order valence-corrected chi connectivity index (χ3v) is 4.80. The van der Waals surface area contributed by atoms with Crippen LogP contribution < -0.4 is 10.4 Å². The molecular formula is C18H17ClFN5O. The van der Waals surface area contributed by atoms with E-state index < -0.39 is 5.82 Å². The number of pyridine rings is 1. The summed E-state index contributed by atoms with van der Waals surface area (Å²) in [6.07, 6.45) is 2.42. The molecule has 0 fully saturated rings. The van der Waals surface area contributed by atoms with Crippen LogP contribution in [-0.4, -0.2) is 41.0 Å². The van der Waals surface area contributed by atoms with Crippen LogP contribution in [0.5, 0.6) is 0 Å². The molecular weight excluding hydrogens is 357 g/mol. The molecule has 4 rings (SSSR count). The minimum atomic E-state index is -0.458. The van der Waals surface area contributed by atoms with Gasteiger partial charge in [0.25, 0.3) is 5.91 Å². The molecule has 2 aromatic rings. The lowest BCUT2D eigenvalue weighted by Crippen LogP contribution is -2.40. The second kappa shape index (κ2) is 6.59. The summed E-state index contributed by atoms with van der Waals surface area (Å²) in [6.45, 7) is 0.972. The number of nitrogens with one attached hydrogen (secondary N) is 1. The fourth-order valence-electron chi connectivity index (χ4n) is 3.29. The van der Waals surface area contributed by atoms with Gasteiger partial charge in [-0.2, -0.15) is 0 Å². The van der Waals surface area contributed by atoms with Gasteiger partial charge in [0, 0.05) is 26.2 Å². The van der Waals surface area contributed by atoms with E-state index in [1.807, 2.05) is 35.4 Å². The van der Waals surface area contributed by atoms with Gasteiger partial charge in [0.05, 0.1) is 28.5 Å². The van der Waals surface area contributed by atoms with Gasteiger partial charge in [-0.25, -0.2) is 14.4 Å². The van der Waals surface area contributed by atoms with E-state index in [4.69, 9.17) is 11.6 Å². The molecule has 3 heterocycles. The van der Waals surface area contributed by atoms with Crippen molar-refractivity contribution in [2.24, 2.45) is 0 Å². The zero-order valence-electron chi connectivity index (χ0n) is 14.1. The molecule has 0 saturated carbocycles. The normalized spacial score (nSPS) is 17.3. The predicted octanol–water partition coefficient (Wildman–Crippen LogP) is 2.80. The number of carbonyl (C=O) groups is 1. The van der Waals surface area contributed by atoms with Crippen molar-refractivity contribution in [3.63, 3.8) is 0 Å². The first kappa shape index (κ1) is 16.8. The van der Waals surface area contributed by atoms with Crippen LogP contribution in [0.15, 0.2) is 54.0 Å². The highest BCUT2D eigenvalue weighted by molar-refractivity contribution is 6.33. The molecule has 1 N–H and O–H groups in total. The fraction of sp³-hybridized carbons (Fsp3) is 0.222. The first-order valence-electron chi connectivity index (χ1n) is 8.22. The molecule has 0 radical (unpaired) electrons. The van der Waals surface area contributed by atoms with E-state index in [1.165, 1.54) is 12.1 Å². The van der Waals surface area contributed by atoms with Crippen molar-refractivity contribution in [3.05, 3.63) is 70.4 Å². The molecule has 26 heavy (non-hydrogen) atoms. The van der Waals surface area contributed by atoms with Gasteiger partial charge < -0.3 is 10.3 Å². The van der Waals surface area contributed by atoms with Crippen molar-refractivity contribution in [1.82, 2.24) is 20.4 Å². The van der Waals surface area contributed by atoms with Crippen LogP contribution in [0.25, 0.3) is 0 Å². The summed E-state index contributed by atoms with van der Waals surface area (Å²) in [4.78, 5) is 18.9. The van der Waals surface area contributed by atoms with Gasteiger partial charge in [0.1, 0.15) is 11.6 Å². The molecule has 0 spiro atoms. The summed E-state index contributed by atoms with van der Waals surface area (Å²) in [6, 6.07) is 9.58. The highest BCUT2D eigenvalue weighted by Gasteiger charge is 2.34. The third-order valence-electron chi connectivity index (χ3n) is 4.48. The van der Waals surface area contributed by atoms with Gasteiger partial charge in [0.15, 0.2) is 0 Å². The van der Waals surface area contributed by atoms with E-state index >= 15 is 0 Å². The van der Waals surface area contributed by atoms with Crippen LogP contribution in [-0.2, 0) is 0 Å².